The van der Waals surface area contributed by atoms with Crippen molar-refractivity contribution in [2.45, 2.75) is 36.3 Å². The fraction of sp³-hybridized carbons (Fsp3) is 0.278. The molecule has 3 rings (SSSR count). The van der Waals surface area contributed by atoms with Gasteiger partial charge in [0, 0.05) is 16.7 Å². The van der Waals surface area contributed by atoms with Crippen molar-refractivity contribution in [2.75, 3.05) is 10.6 Å². The molecule has 1 aliphatic rings. The summed E-state index contributed by atoms with van der Waals surface area (Å²) < 4.78 is 51.7. The van der Waals surface area contributed by atoms with Gasteiger partial charge in [-0.2, -0.15) is 13.2 Å². The lowest BCUT2D eigenvalue weighted by Crippen LogP contribution is -2.43. The number of thioether (sulfide) groups is 1. The Morgan fingerprint density at radius 1 is 1.14 bits per heavy atom. The molecule has 154 valence electrons. The van der Waals surface area contributed by atoms with Gasteiger partial charge in [-0.15, -0.1) is 0 Å². The molecule has 2 aromatic rings. The first-order valence-electron chi connectivity index (χ1n) is 8.32. The molecule has 1 aromatic heterocycles. The number of carbonyl (C=O) groups excluding carboxylic acids is 2. The number of aromatic nitrogens is 1. The van der Waals surface area contributed by atoms with E-state index in [0.717, 1.165) is 4.90 Å². The molecule has 0 atom stereocenters. The third kappa shape index (κ3) is 4.00. The van der Waals surface area contributed by atoms with Crippen LogP contribution in [0.5, 0.6) is 0 Å². The van der Waals surface area contributed by atoms with Crippen molar-refractivity contribution >= 4 is 35.2 Å². The van der Waals surface area contributed by atoms with E-state index in [2.05, 4.69) is 4.98 Å². The Labute approximate surface area is 167 Å². The van der Waals surface area contributed by atoms with E-state index in [1.807, 2.05) is 0 Å². The zero-order valence-electron chi connectivity index (χ0n) is 15.3. The minimum atomic E-state index is -4.45. The van der Waals surface area contributed by atoms with Crippen LogP contribution >= 0.6 is 11.8 Å². The lowest BCUT2D eigenvalue weighted by atomic mass is 10.0. The van der Waals surface area contributed by atoms with Gasteiger partial charge < -0.3 is 10.6 Å². The lowest BCUT2D eigenvalue weighted by Gasteiger charge is -2.27. The molecule has 0 bridgehead atoms. The minimum Gasteiger partial charge on any atom is -0.381 e. The summed E-state index contributed by atoms with van der Waals surface area (Å²) in [5.41, 5.74) is -0.0908. The summed E-state index contributed by atoms with van der Waals surface area (Å²) in [6.07, 6.45) is 1.29. The number of nitrogens with two attached hydrogens (primary N) is 1. The number of urea groups is 1. The molecule has 3 amide bonds. The van der Waals surface area contributed by atoms with Crippen LogP contribution in [0.25, 0.3) is 0 Å². The van der Waals surface area contributed by atoms with E-state index in [9.17, 15) is 27.2 Å². The molecule has 2 heterocycles. The monoisotopic (exact) mass is 428 g/mol. The van der Waals surface area contributed by atoms with Crippen LogP contribution < -0.4 is 10.6 Å². The van der Waals surface area contributed by atoms with Crippen molar-refractivity contribution in [3.63, 3.8) is 0 Å². The van der Waals surface area contributed by atoms with Crippen LogP contribution in [-0.2, 0) is 11.3 Å². The topological polar surface area (TPSA) is 79.5 Å². The number of imide groups is 1. The Kier molecular flexibility index (Phi) is 5.20. The van der Waals surface area contributed by atoms with Crippen LogP contribution in [0, 0.1) is 5.82 Å². The molecule has 11 heteroatoms. The number of carbonyl (C=O) groups is 2. The van der Waals surface area contributed by atoms with E-state index in [1.54, 1.807) is 0 Å². The maximum Gasteiger partial charge on any atom is 0.446 e. The lowest BCUT2D eigenvalue weighted by molar-refractivity contribution is -0.123. The summed E-state index contributed by atoms with van der Waals surface area (Å²) in [6, 6.07) is 5.50. The third-order valence-corrected chi connectivity index (χ3v) is 5.22. The summed E-state index contributed by atoms with van der Waals surface area (Å²) in [4.78, 5) is 31.4. The van der Waals surface area contributed by atoms with Gasteiger partial charge in [0.25, 0.3) is 5.91 Å². The van der Waals surface area contributed by atoms with Gasteiger partial charge in [0.2, 0.25) is 0 Å². The zero-order chi connectivity index (χ0) is 21.6. The number of alkyl halides is 3. The molecule has 1 fully saturated rings. The highest BCUT2D eigenvalue weighted by molar-refractivity contribution is 8.00. The molecule has 29 heavy (non-hydrogen) atoms. The van der Waals surface area contributed by atoms with E-state index in [4.69, 9.17) is 5.73 Å². The second kappa shape index (κ2) is 7.21. The quantitative estimate of drug-likeness (QED) is 0.449. The molecule has 0 unspecified atom stereocenters. The number of hydrogen-bond donors (Lipinski definition) is 1. The maximum atomic E-state index is 14.2. The van der Waals surface area contributed by atoms with Gasteiger partial charge in [-0.25, -0.2) is 19.1 Å². The Hall–Kier alpha value is -2.82. The summed E-state index contributed by atoms with van der Waals surface area (Å²) >= 11 is -0.300. The van der Waals surface area contributed by atoms with Crippen molar-refractivity contribution in [3.05, 3.63) is 47.9 Å². The van der Waals surface area contributed by atoms with Gasteiger partial charge in [0.05, 0.1) is 12.2 Å². The Morgan fingerprint density at radius 2 is 1.76 bits per heavy atom. The standard InChI is InChI=1S/C18H16F4N4O2S/c1-17(2)15(27)26(11-3-5-12(6-4-11)29-18(20,21)22)16(28)25(17)9-10-7-8-24-14(23)13(10)19/h3-8H,9H2,1-2H3,(H2,23,24). The normalized spacial score (nSPS) is 16.6. The van der Waals surface area contributed by atoms with Crippen LogP contribution in [0.15, 0.2) is 41.4 Å². The molecule has 1 aliphatic heterocycles. The number of rotatable bonds is 4. The molecular weight excluding hydrogens is 412 g/mol. The van der Waals surface area contributed by atoms with Crippen LogP contribution in [0.2, 0.25) is 0 Å². The summed E-state index contributed by atoms with van der Waals surface area (Å²) in [6.45, 7) is 2.78. The average Bonchev–Trinajstić information content (AvgIpc) is 2.78. The van der Waals surface area contributed by atoms with E-state index in [-0.39, 0.29) is 40.3 Å². The van der Waals surface area contributed by atoms with Crippen LogP contribution in [-0.4, -0.2) is 32.9 Å². The van der Waals surface area contributed by atoms with Gasteiger partial charge in [-0.05, 0) is 55.9 Å². The number of benzene rings is 1. The van der Waals surface area contributed by atoms with Crippen molar-refractivity contribution in [1.82, 2.24) is 9.88 Å². The van der Waals surface area contributed by atoms with E-state index < -0.39 is 28.8 Å². The predicted octanol–water partition coefficient (Wildman–Crippen LogP) is 4.16. The van der Waals surface area contributed by atoms with Gasteiger partial charge in [-0.1, -0.05) is 0 Å². The fourth-order valence-corrected chi connectivity index (χ4v) is 3.46. The smallest absolute Gasteiger partial charge is 0.381 e. The number of halogens is 4. The number of hydrogen-bond acceptors (Lipinski definition) is 5. The largest absolute Gasteiger partial charge is 0.446 e. The van der Waals surface area contributed by atoms with Gasteiger partial charge >= 0.3 is 11.5 Å². The van der Waals surface area contributed by atoms with Gasteiger partial charge in [0.1, 0.15) is 5.54 Å². The molecule has 1 aromatic carbocycles. The highest BCUT2D eigenvalue weighted by atomic mass is 32.2. The van der Waals surface area contributed by atoms with Crippen LogP contribution in [0.4, 0.5) is 33.9 Å². The van der Waals surface area contributed by atoms with Gasteiger partial charge in [0.15, 0.2) is 11.6 Å². The SMILES string of the molecule is CC1(C)C(=O)N(c2ccc(SC(F)(F)F)cc2)C(=O)N1Cc1ccnc(N)c1F. The minimum absolute atomic E-state index is 0.0780. The Morgan fingerprint density at radius 3 is 2.34 bits per heavy atom. The molecule has 0 aliphatic carbocycles. The first-order chi connectivity index (χ1) is 13.4. The fourth-order valence-electron chi connectivity index (χ4n) is 2.92. The molecule has 0 radical (unpaired) electrons. The Balaban J connectivity index is 1.89. The van der Waals surface area contributed by atoms with E-state index in [0.29, 0.717) is 0 Å². The second-order valence-corrected chi connectivity index (χ2v) is 7.92. The second-order valence-electron chi connectivity index (χ2n) is 6.78. The summed E-state index contributed by atoms with van der Waals surface area (Å²) in [5.74, 6) is -1.69. The average molecular weight is 428 g/mol. The molecule has 6 nitrogen and oxygen atoms in total. The first-order valence-corrected chi connectivity index (χ1v) is 9.14. The number of pyridine rings is 1. The highest BCUT2D eigenvalue weighted by Gasteiger charge is 2.52. The van der Waals surface area contributed by atoms with E-state index >= 15 is 0 Å². The number of nitrogen functional groups attached to an aromatic ring is 1. The Bertz CT molecular complexity index is 963. The van der Waals surface area contributed by atoms with Crippen molar-refractivity contribution < 1.29 is 27.2 Å². The molecule has 0 spiro atoms. The molecular formula is C18H16F4N4O2S. The predicted molar refractivity (Wildman–Crippen MR) is 99.5 cm³/mol. The van der Waals surface area contributed by atoms with Crippen LogP contribution in [0.3, 0.4) is 0 Å². The third-order valence-electron chi connectivity index (χ3n) is 4.48. The summed E-state index contributed by atoms with van der Waals surface area (Å²) in [7, 11) is 0. The van der Waals surface area contributed by atoms with Crippen molar-refractivity contribution in [1.29, 1.82) is 0 Å². The number of anilines is 2. The zero-order valence-corrected chi connectivity index (χ0v) is 16.1. The number of amides is 3. The van der Waals surface area contributed by atoms with Gasteiger partial charge in [-0.3, -0.25) is 4.79 Å². The van der Waals surface area contributed by atoms with Crippen LogP contribution in [0.1, 0.15) is 19.4 Å². The maximum absolute atomic E-state index is 14.2. The van der Waals surface area contributed by atoms with Crippen molar-refractivity contribution in [3.8, 4) is 0 Å². The van der Waals surface area contributed by atoms with E-state index in [1.165, 1.54) is 55.3 Å². The van der Waals surface area contributed by atoms with Crippen molar-refractivity contribution in [2.24, 2.45) is 0 Å². The molecule has 1 saturated heterocycles. The molecule has 2 N–H and O–H groups in total. The summed E-state index contributed by atoms with van der Waals surface area (Å²) in [5, 5.41) is 0. The number of nitrogens with zero attached hydrogens (tertiary/aromatic N) is 3. The first kappa shape index (κ1) is 20.9. The highest BCUT2D eigenvalue weighted by Crippen LogP contribution is 2.39. The molecule has 0 saturated carbocycles.